The Morgan fingerprint density at radius 1 is 1.03 bits per heavy atom. The standard InChI is InChI=1S/C23H33N2O8P/c1-31-21-10-9-18-12-17(7-8-19(18)14-21)13-23(28)24-11-5-3-4-6-22(27)25-20(15-26)16-33-34(29,30)32-2/h7-10,12,14,20,26H,3-6,11,13,15-16H2,1-2H3,(H,24,28)(H,25,27)(H,29,30). The molecule has 0 heterocycles. The molecule has 2 rings (SSSR count). The quantitative estimate of drug-likeness (QED) is 0.217. The summed E-state index contributed by atoms with van der Waals surface area (Å²) in [6.07, 6.45) is 2.59. The molecule has 2 atom stereocenters. The van der Waals surface area contributed by atoms with Crippen molar-refractivity contribution in [1.29, 1.82) is 0 Å². The highest BCUT2D eigenvalue weighted by Gasteiger charge is 2.21. The second-order valence-corrected chi connectivity index (χ2v) is 9.34. The van der Waals surface area contributed by atoms with Crippen LogP contribution in [0.1, 0.15) is 31.2 Å². The SMILES string of the molecule is COc1ccc2cc(CC(=O)NCCCCCC(=O)NC(CO)COP(=O)(O)OC)ccc2c1. The van der Waals surface area contributed by atoms with E-state index in [9.17, 15) is 24.2 Å². The molecule has 34 heavy (non-hydrogen) atoms. The summed E-state index contributed by atoms with van der Waals surface area (Å²) in [5.41, 5.74) is 0.928. The molecule has 0 aliphatic rings. The number of phosphoric acid groups is 1. The van der Waals surface area contributed by atoms with Crippen LogP contribution in [0.2, 0.25) is 0 Å². The number of hydrogen-bond acceptors (Lipinski definition) is 7. The minimum absolute atomic E-state index is 0.0615. The number of unbranched alkanes of at least 4 members (excludes halogenated alkanes) is 2. The number of benzene rings is 2. The van der Waals surface area contributed by atoms with Crippen LogP contribution in [0.25, 0.3) is 10.8 Å². The third-order valence-corrected chi connectivity index (χ3v) is 6.07. The number of aliphatic hydroxyl groups excluding tert-OH is 1. The van der Waals surface area contributed by atoms with Crippen molar-refractivity contribution in [3.8, 4) is 5.75 Å². The van der Waals surface area contributed by atoms with Gasteiger partial charge in [0.05, 0.1) is 32.8 Å². The van der Waals surface area contributed by atoms with Crippen molar-refractivity contribution < 1.29 is 37.9 Å². The van der Waals surface area contributed by atoms with Gasteiger partial charge < -0.3 is 25.4 Å². The zero-order chi connectivity index (χ0) is 25.0. The second-order valence-electron chi connectivity index (χ2n) is 7.78. The minimum Gasteiger partial charge on any atom is -0.497 e. The lowest BCUT2D eigenvalue weighted by Crippen LogP contribution is -2.40. The van der Waals surface area contributed by atoms with Crippen LogP contribution in [0.5, 0.6) is 5.75 Å². The van der Waals surface area contributed by atoms with Gasteiger partial charge >= 0.3 is 7.82 Å². The number of carbonyl (C=O) groups excluding carboxylic acids is 2. The van der Waals surface area contributed by atoms with Crippen molar-refractivity contribution in [2.45, 2.75) is 38.1 Å². The molecule has 0 aromatic heterocycles. The fourth-order valence-corrected chi connectivity index (χ4v) is 3.72. The first kappa shape index (κ1) is 27.8. The summed E-state index contributed by atoms with van der Waals surface area (Å²) in [6, 6.07) is 10.9. The summed E-state index contributed by atoms with van der Waals surface area (Å²) < 4.78 is 25.4. The molecule has 2 aromatic carbocycles. The smallest absolute Gasteiger partial charge is 0.471 e. The van der Waals surface area contributed by atoms with Crippen molar-refractivity contribution in [2.24, 2.45) is 0 Å². The fraction of sp³-hybridized carbons (Fsp3) is 0.478. The van der Waals surface area contributed by atoms with Crippen LogP contribution in [0.4, 0.5) is 0 Å². The Hall–Kier alpha value is -2.49. The van der Waals surface area contributed by atoms with Crippen LogP contribution in [0, 0.1) is 0 Å². The number of phosphoric ester groups is 1. The Bertz CT molecular complexity index is 1000. The largest absolute Gasteiger partial charge is 0.497 e. The van der Waals surface area contributed by atoms with E-state index in [4.69, 9.17) is 4.74 Å². The molecule has 10 nitrogen and oxygen atoms in total. The van der Waals surface area contributed by atoms with Gasteiger partial charge in [0.15, 0.2) is 0 Å². The molecule has 4 N–H and O–H groups in total. The van der Waals surface area contributed by atoms with Crippen LogP contribution >= 0.6 is 7.82 Å². The van der Waals surface area contributed by atoms with E-state index in [1.54, 1.807) is 7.11 Å². The van der Waals surface area contributed by atoms with Crippen LogP contribution in [-0.2, 0) is 29.6 Å². The minimum atomic E-state index is -4.16. The average Bonchev–Trinajstić information content (AvgIpc) is 2.83. The van der Waals surface area contributed by atoms with Gasteiger partial charge in [-0.15, -0.1) is 0 Å². The maximum atomic E-state index is 12.2. The number of aliphatic hydroxyl groups is 1. The van der Waals surface area contributed by atoms with Gasteiger partial charge in [0, 0.05) is 20.1 Å². The van der Waals surface area contributed by atoms with Crippen LogP contribution in [0.15, 0.2) is 36.4 Å². The summed E-state index contributed by atoms with van der Waals surface area (Å²) in [5, 5.41) is 16.8. The van der Waals surface area contributed by atoms with Gasteiger partial charge in [0.25, 0.3) is 0 Å². The number of nitrogens with one attached hydrogen (secondary N) is 2. The Kier molecular flexibility index (Phi) is 11.5. The van der Waals surface area contributed by atoms with Crippen molar-refractivity contribution in [3.05, 3.63) is 42.0 Å². The molecular weight excluding hydrogens is 463 g/mol. The molecule has 0 bridgehead atoms. The second kappa shape index (κ2) is 14.0. The Morgan fingerprint density at radius 3 is 2.47 bits per heavy atom. The topological polar surface area (TPSA) is 143 Å². The monoisotopic (exact) mass is 496 g/mol. The molecule has 2 unspecified atom stereocenters. The zero-order valence-corrected chi connectivity index (χ0v) is 20.4. The van der Waals surface area contributed by atoms with Gasteiger partial charge in [-0.25, -0.2) is 4.57 Å². The van der Waals surface area contributed by atoms with E-state index in [-0.39, 0.29) is 24.8 Å². The predicted molar refractivity (Wildman–Crippen MR) is 127 cm³/mol. The van der Waals surface area contributed by atoms with E-state index < -0.39 is 20.5 Å². The number of carbonyl (C=O) groups is 2. The predicted octanol–water partition coefficient (Wildman–Crippen LogP) is 2.31. The maximum Gasteiger partial charge on any atom is 0.471 e. The molecule has 0 saturated carbocycles. The van der Waals surface area contributed by atoms with Crippen molar-refractivity contribution in [1.82, 2.24) is 10.6 Å². The molecular formula is C23H33N2O8P. The number of fused-ring (bicyclic) bond motifs is 1. The van der Waals surface area contributed by atoms with Crippen LogP contribution in [-0.4, -0.2) is 61.8 Å². The number of hydrogen-bond donors (Lipinski definition) is 4. The number of amides is 2. The molecule has 0 fully saturated rings. The van der Waals surface area contributed by atoms with E-state index in [0.29, 0.717) is 19.4 Å². The van der Waals surface area contributed by atoms with Gasteiger partial charge in [-0.2, -0.15) is 0 Å². The summed E-state index contributed by atoms with van der Waals surface area (Å²) >= 11 is 0. The summed E-state index contributed by atoms with van der Waals surface area (Å²) in [7, 11) is -1.51. The number of ether oxygens (including phenoxy) is 1. The van der Waals surface area contributed by atoms with Gasteiger partial charge in [-0.05, 0) is 41.3 Å². The first-order valence-corrected chi connectivity index (χ1v) is 12.5. The third kappa shape index (κ3) is 9.79. The highest BCUT2D eigenvalue weighted by atomic mass is 31.2. The molecule has 2 amide bonds. The summed E-state index contributed by atoms with van der Waals surface area (Å²) in [5.74, 6) is 0.428. The van der Waals surface area contributed by atoms with E-state index in [1.807, 2.05) is 36.4 Å². The lowest BCUT2D eigenvalue weighted by atomic mass is 10.0. The van der Waals surface area contributed by atoms with E-state index >= 15 is 0 Å². The molecule has 0 aliphatic carbocycles. The summed E-state index contributed by atoms with van der Waals surface area (Å²) in [4.78, 5) is 33.4. The van der Waals surface area contributed by atoms with Gasteiger partial charge in [0.1, 0.15) is 5.75 Å². The Balaban J connectivity index is 1.61. The van der Waals surface area contributed by atoms with Crippen molar-refractivity contribution in [2.75, 3.05) is 34.0 Å². The number of methoxy groups -OCH3 is 1. The first-order valence-electron chi connectivity index (χ1n) is 11.0. The molecule has 0 spiro atoms. The molecule has 0 aliphatic heterocycles. The molecule has 188 valence electrons. The van der Waals surface area contributed by atoms with Gasteiger partial charge in [-0.3, -0.25) is 18.6 Å². The number of rotatable bonds is 15. The highest BCUT2D eigenvalue weighted by molar-refractivity contribution is 7.47. The molecule has 0 saturated heterocycles. The molecule has 11 heteroatoms. The average molecular weight is 496 g/mol. The third-order valence-electron chi connectivity index (χ3n) is 5.13. The first-order chi connectivity index (χ1) is 16.3. The highest BCUT2D eigenvalue weighted by Crippen LogP contribution is 2.41. The van der Waals surface area contributed by atoms with Crippen LogP contribution < -0.4 is 15.4 Å². The molecule has 0 radical (unpaired) electrons. The molecule has 2 aromatic rings. The normalized spacial score (nSPS) is 13.8. The van der Waals surface area contributed by atoms with Crippen molar-refractivity contribution >= 4 is 30.4 Å². The van der Waals surface area contributed by atoms with Crippen LogP contribution in [0.3, 0.4) is 0 Å². The zero-order valence-electron chi connectivity index (χ0n) is 19.5. The van der Waals surface area contributed by atoms with E-state index in [2.05, 4.69) is 19.7 Å². The van der Waals surface area contributed by atoms with E-state index in [1.165, 1.54) is 0 Å². The maximum absolute atomic E-state index is 12.2. The van der Waals surface area contributed by atoms with Gasteiger partial charge in [0.2, 0.25) is 11.8 Å². The lowest BCUT2D eigenvalue weighted by Gasteiger charge is -2.17. The van der Waals surface area contributed by atoms with E-state index in [0.717, 1.165) is 42.0 Å². The lowest BCUT2D eigenvalue weighted by molar-refractivity contribution is -0.123. The Labute approximate surface area is 199 Å². The van der Waals surface area contributed by atoms with Crippen molar-refractivity contribution in [3.63, 3.8) is 0 Å². The van der Waals surface area contributed by atoms with Gasteiger partial charge in [-0.1, -0.05) is 30.7 Å². The Morgan fingerprint density at radius 2 is 1.76 bits per heavy atom. The fourth-order valence-electron chi connectivity index (χ4n) is 3.25. The summed E-state index contributed by atoms with van der Waals surface area (Å²) in [6.45, 7) is -0.269.